The monoisotopic (exact) mass is 520 g/mol. The van der Waals surface area contributed by atoms with Crippen molar-refractivity contribution in [2.24, 2.45) is 5.92 Å². The second kappa shape index (κ2) is 9.96. The quantitative estimate of drug-likeness (QED) is 0.272. The first-order valence-electron chi connectivity index (χ1n) is 12.4. The van der Waals surface area contributed by atoms with Crippen LogP contribution in [0.15, 0.2) is 60.8 Å². The number of alkyl halides is 3. The van der Waals surface area contributed by atoms with Crippen molar-refractivity contribution < 1.29 is 22.7 Å². The van der Waals surface area contributed by atoms with E-state index >= 15 is 0 Å². The lowest BCUT2D eigenvalue weighted by Crippen LogP contribution is -2.18. The molecule has 1 aliphatic carbocycles. The van der Waals surface area contributed by atoms with E-state index in [1.807, 2.05) is 38.1 Å². The number of nitrogens with one attached hydrogen (secondary N) is 2. The fraction of sp³-hybridized carbons (Fsp3) is 0.276. The van der Waals surface area contributed by atoms with Gasteiger partial charge in [-0.15, -0.1) is 0 Å². The van der Waals surface area contributed by atoms with E-state index in [1.165, 1.54) is 6.07 Å². The van der Waals surface area contributed by atoms with Crippen LogP contribution < -0.4 is 15.4 Å². The molecule has 2 N–H and O–H groups in total. The number of anilines is 2. The molecule has 0 radical (unpaired) electrons. The average molecular weight is 521 g/mol. The van der Waals surface area contributed by atoms with E-state index in [0.29, 0.717) is 17.4 Å². The first kappa shape index (κ1) is 25.5. The molecule has 1 heterocycles. The molecule has 3 aromatic carbocycles. The zero-order valence-corrected chi connectivity index (χ0v) is 21.2. The van der Waals surface area contributed by atoms with Crippen LogP contribution in [0.25, 0.3) is 22.0 Å². The Morgan fingerprint density at radius 3 is 2.58 bits per heavy atom. The van der Waals surface area contributed by atoms with Crippen molar-refractivity contribution in [3.63, 3.8) is 0 Å². The van der Waals surface area contributed by atoms with Crippen molar-refractivity contribution in [1.29, 1.82) is 0 Å². The number of ether oxygens (including phenoxy) is 1. The van der Waals surface area contributed by atoms with Crippen LogP contribution in [0.4, 0.5) is 24.8 Å². The predicted molar refractivity (Wildman–Crippen MR) is 141 cm³/mol. The largest absolute Gasteiger partial charge is 0.488 e. The smallest absolute Gasteiger partial charge is 0.416 e. The first-order valence-corrected chi connectivity index (χ1v) is 12.4. The third kappa shape index (κ3) is 5.41. The molecule has 5 rings (SSSR count). The van der Waals surface area contributed by atoms with E-state index in [2.05, 4.69) is 20.6 Å². The average Bonchev–Trinajstić information content (AvgIpc) is 3.74. The number of aromatic nitrogens is 2. The van der Waals surface area contributed by atoms with Gasteiger partial charge in [0.2, 0.25) is 5.95 Å². The number of hydrogen-bond acceptors (Lipinski definition) is 5. The Hall–Kier alpha value is -4.14. The summed E-state index contributed by atoms with van der Waals surface area (Å²) in [6.07, 6.45) is -0.943. The fourth-order valence-electron chi connectivity index (χ4n) is 4.36. The van der Waals surface area contributed by atoms with Gasteiger partial charge in [0.05, 0.1) is 22.9 Å². The third-order valence-corrected chi connectivity index (χ3v) is 6.77. The molecule has 1 aliphatic rings. The van der Waals surface area contributed by atoms with Crippen LogP contribution in [0, 0.1) is 12.8 Å². The van der Waals surface area contributed by atoms with Crippen LogP contribution in [0.1, 0.15) is 41.3 Å². The summed E-state index contributed by atoms with van der Waals surface area (Å²) in [5.41, 5.74) is 2.84. The third-order valence-electron chi connectivity index (χ3n) is 6.77. The van der Waals surface area contributed by atoms with Crippen LogP contribution in [-0.2, 0) is 6.18 Å². The van der Waals surface area contributed by atoms with E-state index in [-0.39, 0.29) is 17.5 Å². The highest BCUT2D eigenvalue weighted by Gasteiger charge is 2.33. The number of amides is 1. The molecular formula is C29H27F3N4O2. The molecule has 1 saturated carbocycles. The van der Waals surface area contributed by atoms with Gasteiger partial charge in [0.15, 0.2) is 0 Å². The van der Waals surface area contributed by atoms with Gasteiger partial charge >= 0.3 is 6.18 Å². The number of hydrogen-bond donors (Lipinski definition) is 2. The topological polar surface area (TPSA) is 76.1 Å². The molecule has 38 heavy (non-hydrogen) atoms. The number of nitrogens with zero attached hydrogens (tertiary/aromatic N) is 2. The second-order valence-electron chi connectivity index (χ2n) is 9.57. The number of rotatable bonds is 7. The lowest BCUT2D eigenvalue weighted by atomic mass is 9.97. The molecule has 0 saturated heterocycles. The maximum absolute atomic E-state index is 13.4. The predicted octanol–water partition coefficient (Wildman–Crippen LogP) is 7.10. The van der Waals surface area contributed by atoms with Crippen LogP contribution in [0.2, 0.25) is 0 Å². The van der Waals surface area contributed by atoms with Crippen molar-refractivity contribution in [3.8, 4) is 16.9 Å². The van der Waals surface area contributed by atoms with Crippen LogP contribution in [0.5, 0.6) is 5.75 Å². The summed E-state index contributed by atoms with van der Waals surface area (Å²) < 4.78 is 46.2. The summed E-state index contributed by atoms with van der Waals surface area (Å²) >= 11 is 0. The van der Waals surface area contributed by atoms with Gasteiger partial charge in [-0.2, -0.15) is 13.2 Å². The van der Waals surface area contributed by atoms with Crippen molar-refractivity contribution in [1.82, 2.24) is 9.97 Å². The number of aryl methyl sites for hydroxylation is 1. The summed E-state index contributed by atoms with van der Waals surface area (Å²) in [5.74, 6) is 0.577. The van der Waals surface area contributed by atoms with E-state index < -0.39 is 17.6 Å². The lowest BCUT2D eigenvalue weighted by molar-refractivity contribution is -0.137. The molecule has 4 aromatic rings. The van der Waals surface area contributed by atoms with Crippen molar-refractivity contribution in [2.45, 2.75) is 39.0 Å². The Morgan fingerprint density at radius 1 is 1.08 bits per heavy atom. The van der Waals surface area contributed by atoms with E-state index in [0.717, 1.165) is 52.6 Å². The molecular weight excluding hydrogens is 493 g/mol. The Bertz CT molecular complexity index is 1520. The van der Waals surface area contributed by atoms with Gasteiger partial charge in [0, 0.05) is 24.2 Å². The maximum Gasteiger partial charge on any atom is 0.416 e. The standard InChI is InChI=1S/C29H27F3N4O2/c1-16-4-5-20(13-23(16)19-8-10-24-21(12-19)15-34-28(33-3)36-24)27(37)35-25-14-22(29(30,31)32)9-11-26(25)38-17(2)18-6-7-18/h4-5,8-15,17-18H,6-7H2,1-3H3,(H,35,37)(H,33,34,36)/t17-/m1/s1. The minimum absolute atomic E-state index is 0.0114. The van der Waals surface area contributed by atoms with Crippen molar-refractivity contribution in [2.75, 3.05) is 17.7 Å². The zero-order valence-electron chi connectivity index (χ0n) is 21.2. The van der Waals surface area contributed by atoms with Gasteiger partial charge in [0.25, 0.3) is 5.91 Å². The van der Waals surface area contributed by atoms with Gasteiger partial charge in [-0.25, -0.2) is 9.97 Å². The highest BCUT2D eigenvalue weighted by atomic mass is 19.4. The van der Waals surface area contributed by atoms with Crippen molar-refractivity contribution >= 4 is 28.4 Å². The summed E-state index contributed by atoms with van der Waals surface area (Å²) in [5, 5.41) is 6.40. The van der Waals surface area contributed by atoms with E-state index in [9.17, 15) is 18.0 Å². The van der Waals surface area contributed by atoms with E-state index in [1.54, 1.807) is 25.4 Å². The fourth-order valence-corrected chi connectivity index (χ4v) is 4.36. The Kier molecular flexibility index (Phi) is 6.69. The van der Waals surface area contributed by atoms with Gasteiger partial charge in [-0.05, 0) is 91.8 Å². The number of carbonyl (C=O) groups excluding carboxylic acids is 1. The maximum atomic E-state index is 13.4. The molecule has 1 amide bonds. The van der Waals surface area contributed by atoms with Gasteiger partial charge in [-0.1, -0.05) is 12.1 Å². The molecule has 1 aromatic heterocycles. The molecule has 1 fully saturated rings. The highest BCUT2D eigenvalue weighted by molar-refractivity contribution is 6.06. The van der Waals surface area contributed by atoms with Crippen LogP contribution in [0.3, 0.4) is 0 Å². The van der Waals surface area contributed by atoms with Gasteiger partial charge in [-0.3, -0.25) is 4.79 Å². The Morgan fingerprint density at radius 2 is 1.87 bits per heavy atom. The van der Waals surface area contributed by atoms with E-state index in [4.69, 9.17) is 4.74 Å². The number of fused-ring (bicyclic) bond motifs is 1. The van der Waals surface area contributed by atoms with Crippen molar-refractivity contribution in [3.05, 3.63) is 77.5 Å². The summed E-state index contributed by atoms with van der Waals surface area (Å²) in [6.45, 7) is 3.82. The lowest BCUT2D eigenvalue weighted by Gasteiger charge is -2.19. The molecule has 9 heteroatoms. The minimum atomic E-state index is -4.55. The first-order chi connectivity index (χ1) is 18.1. The minimum Gasteiger partial charge on any atom is -0.488 e. The molecule has 0 unspecified atom stereocenters. The molecule has 6 nitrogen and oxygen atoms in total. The summed E-state index contributed by atoms with van der Waals surface area (Å²) in [6, 6.07) is 14.1. The van der Waals surface area contributed by atoms with Gasteiger partial charge < -0.3 is 15.4 Å². The molecule has 0 aliphatic heterocycles. The Balaban J connectivity index is 1.45. The molecule has 0 bridgehead atoms. The Labute approximate surface area is 218 Å². The van der Waals surface area contributed by atoms with Crippen LogP contribution >= 0.6 is 0 Å². The molecule has 1 atom stereocenters. The molecule has 196 valence electrons. The zero-order chi connectivity index (χ0) is 27.0. The van der Waals surface area contributed by atoms with Gasteiger partial charge in [0.1, 0.15) is 5.75 Å². The summed E-state index contributed by atoms with van der Waals surface area (Å²) in [7, 11) is 1.75. The molecule has 0 spiro atoms. The number of carbonyl (C=O) groups is 1. The second-order valence-corrected chi connectivity index (χ2v) is 9.57. The highest BCUT2D eigenvalue weighted by Crippen LogP contribution is 2.39. The number of benzene rings is 3. The summed E-state index contributed by atoms with van der Waals surface area (Å²) in [4.78, 5) is 22.0. The SMILES string of the molecule is CNc1ncc2cc(-c3cc(C(=O)Nc4cc(C(F)(F)F)ccc4O[C@H](C)C4CC4)ccc3C)ccc2n1. The normalized spacial score (nSPS) is 14.3. The van der Waals surface area contributed by atoms with Crippen LogP contribution in [-0.4, -0.2) is 29.0 Å². The number of halogens is 3.